The number of nitrogens with zero attached hydrogens (tertiary/aromatic N) is 1. The molecule has 1 aliphatic rings. The summed E-state index contributed by atoms with van der Waals surface area (Å²) in [7, 11) is -7.40. The molecule has 0 bridgehead atoms. The van der Waals surface area contributed by atoms with Crippen LogP contribution in [0.25, 0.3) is 0 Å². The lowest BCUT2D eigenvalue weighted by atomic mass is 9.97. The summed E-state index contributed by atoms with van der Waals surface area (Å²) >= 11 is 11.9. The van der Waals surface area contributed by atoms with Gasteiger partial charge in [0, 0.05) is 29.7 Å². The zero-order valence-corrected chi connectivity index (χ0v) is 23.7. The Bertz CT molecular complexity index is 1540. The summed E-state index contributed by atoms with van der Waals surface area (Å²) in [6, 6.07) is 17.6. The van der Waals surface area contributed by atoms with Crippen molar-refractivity contribution in [2.45, 2.75) is 30.4 Å². The maximum absolute atomic E-state index is 12.9. The zero-order valence-electron chi connectivity index (χ0n) is 20.5. The fraction of sp³-hybridized carbons (Fsp3) is 0.269. The van der Waals surface area contributed by atoms with Crippen molar-refractivity contribution < 1.29 is 21.6 Å². The molecular weight excluding hydrogens is 569 g/mol. The Labute approximate surface area is 233 Å². The maximum Gasteiger partial charge on any atom is 0.261 e. The van der Waals surface area contributed by atoms with Crippen LogP contribution in [0.15, 0.2) is 71.6 Å². The quantitative estimate of drug-likeness (QED) is 0.367. The van der Waals surface area contributed by atoms with Gasteiger partial charge in [0.15, 0.2) is 0 Å². The molecule has 0 aromatic heterocycles. The molecule has 0 atom stereocenters. The highest BCUT2D eigenvalue weighted by molar-refractivity contribution is 7.92. The number of aryl methyl sites for hydroxylation is 1. The van der Waals surface area contributed by atoms with Crippen LogP contribution in [0.3, 0.4) is 0 Å². The third kappa shape index (κ3) is 7.06. The Balaban J connectivity index is 1.32. The predicted molar refractivity (Wildman–Crippen MR) is 150 cm³/mol. The molecule has 1 amide bonds. The first-order chi connectivity index (χ1) is 17.9. The van der Waals surface area contributed by atoms with Gasteiger partial charge in [-0.2, -0.15) is 0 Å². The smallest absolute Gasteiger partial charge is 0.261 e. The Morgan fingerprint density at radius 1 is 0.947 bits per heavy atom. The lowest BCUT2D eigenvalue weighted by Gasteiger charge is -2.30. The second-order valence-electron chi connectivity index (χ2n) is 9.16. The molecule has 3 aromatic carbocycles. The number of rotatable bonds is 8. The summed E-state index contributed by atoms with van der Waals surface area (Å²) in [6.07, 6.45) is 0.800. The fourth-order valence-corrected chi connectivity index (χ4v) is 7.38. The van der Waals surface area contributed by atoms with E-state index in [2.05, 4.69) is 10.0 Å². The molecule has 1 heterocycles. The zero-order chi connectivity index (χ0) is 27.5. The third-order valence-corrected chi connectivity index (χ3v) is 10.0. The Morgan fingerprint density at radius 2 is 1.63 bits per heavy atom. The first-order valence-electron chi connectivity index (χ1n) is 11.9. The van der Waals surface area contributed by atoms with Gasteiger partial charge in [-0.1, -0.05) is 53.0 Å². The van der Waals surface area contributed by atoms with E-state index in [-0.39, 0.29) is 46.3 Å². The van der Waals surface area contributed by atoms with Crippen molar-refractivity contribution >= 4 is 60.5 Å². The molecule has 0 saturated carbocycles. The lowest BCUT2D eigenvalue weighted by molar-refractivity contribution is -0.120. The number of hydrogen-bond acceptors (Lipinski definition) is 5. The van der Waals surface area contributed by atoms with Gasteiger partial charge in [-0.25, -0.2) is 21.1 Å². The second kappa shape index (κ2) is 11.6. The topological polar surface area (TPSA) is 113 Å². The summed E-state index contributed by atoms with van der Waals surface area (Å²) in [5.41, 5.74) is 2.37. The highest BCUT2D eigenvalue weighted by Gasteiger charge is 2.31. The van der Waals surface area contributed by atoms with Crippen molar-refractivity contribution in [1.29, 1.82) is 0 Å². The molecule has 1 aliphatic heterocycles. The molecule has 0 spiro atoms. The van der Waals surface area contributed by atoms with Crippen LogP contribution in [0.4, 0.5) is 11.4 Å². The monoisotopic (exact) mass is 595 g/mol. The Morgan fingerprint density at radius 3 is 2.26 bits per heavy atom. The van der Waals surface area contributed by atoms with E-state index >= 15 is 0 Å². The van der Waals surface area contributed by atoms with E-state index in [9.17, 15) is 21.6 Å². The SMILES string of the molecule is Cc1cccc(CS(=O)(=O)N2CCC(C(=O)Nc3ccc(S(=O)(=O)Nc4ccc(Cl)cc4Cl)cc3)CC2)c1. The summed E-state index contributed by atoms with van der Waals surface area (Å²) in [5, 5.41) is 3.34. The van der Waals surface area contributed by atoms with Gasteiger partial charge in [0.25, 0.3) is 10.0 Å². The van der Waals surface area contributed by atoms with Crippen molar-refractivity contribution in [1.82, 2.24) is 4.31 Å². The lowest BCUT2D eigenvalue weighted by Crippen LogP contribution is -2.41. The number of nitrogens with one attached hydrogen (secondary N) is 2. The second-order valence-corrected chi connectivity index (χ2v) is 13.7. The summed E-state index contributed by atoms with van der Waals surface area (Å²) in [5.74, 6) is -0.653. The van der Waals surface area contributed by atoms with Gasteiger partial charge in [0.2, 0.25) is 15.9 Å². The molecule has 1 fully saturated rings. The Hall–Kier alpha value is -2.63. The molecule has 1 saturated heterocycles. The summed E-state index contributed by atoms with van der Waals surface area (Å²) < 4.78 is 55.0. The van der Waals surface area contributed by atoms with Crippen molar-refractivity contribution in [3.63, 3.8) is 0 Å². The number of sulfonamides is 2. The molecule has 2 N–H and O–H groups in total. The number of carbonyl (C=O) groups is 1. The normalized spacial score (nSPS) is 15.2. The number of hydrogen-bond donors (Lipinski definition) is 2. The summed E-state index contributed by atoms with van der Waals surface area (Å²) in [4.78, 5) is 12.8. The van der Waals surface area contributed by atoms with E-state index in [1.54, 1.807) is 6.07 Å². The van der Waals surface area contributed by atoms with Gasteiger partial charge >= 0.3 is 0 Å². The number of amides is 1. The first-order valence-corrected chi connectivity index (χ1v) is 15.7. The molecular formula is C26H27Cl2N3O5S2. The van der Waals surface area contributed by atoms with Crippen LogP contribution in [0.1, 0.15) is 24.0 Å². The maximum atomic E-state index is 12.9. The predicted octanol–water partition coefficient (Wildman–Crippen LogP) is 5.28. The van der Waals surface area contributed by atoms with Gasteiger partial charge in [-0.3, -0.25) is 9.52 Å². The van der Waals surface area contributed by atoms with Crippen LogP contribution >= 0.6 is 23.2 Å². The molecule has 0 unspecified atom stereocenters. The molecule has 4 rings (SSSR count). The average Bonchev–Trinajstić information content (AvgIpc) is 2.86. The van der Waals surface area contributed by atoms with E-state index < -0.39 is 20.0 Å². The van der Waals surface area contributed by atoms with E-state index in [0.29, 0.717) is 23.6 Å². The molecule has 12 heteroatoms. The molecule has 8 nitrogen and oxygen atoms in total. The van der Waals surface area contributed by atoms with Crippen molar-refractivity contribution in [2.75, 3.05) is 23.1 Å². The standard InChI is InChI=1S/C26H27Cl2N3O5S2/c1-18-3-2-4-19(15-18)17-37(33,34)31-13-11-20(12-14-31)26(32)29-22-6-8-23(9-7-22)38(35,36)30-25-10-5-21(27)16-24(25)28/h2-10,15-16,20,30H,11-14,17H2,1H3,(H,29,32). The highest BCUT2D eigenvalue weighted by Crippen LogP contribution is 2.28. The Kier molecular flexibility index (Phi) is 8.68. The van der Waals surface area contributed by atoms with Crippen LogP contribution in [0, 0.1) is 12.8 Å². The van der Waals surface area contributed by atoms with Crippen LogP contribution in [0.2, 0.25) is 10.0 Å². The minimum absolute atomic E-state index is 0.00589. The van der Waals surface area contributed by atoms with Crippen molar-refractivity contribution in [3.8, 4) is 0 Å². The third-order valence-electron chi connectivity index (χ3n) is 6.26. The minimum Gasteiger partial charge on any atom is -0.326 e. The molecule has 3 aromatic rings. The van der Waals surface area contributed by atoms with E-state index in [0.717, 1.165) is 11.1 Å². The molecule has 0 radical (unpaired) electrons. The molecule has 202 valence electrons. The number of piperidine rings is 1. The van der Waals surface area contributed by atoms with Gasteiger partial charge < -0.3 is 5.32 Å². The number of halogens is 2. The van der Waals surface area contributed by atoms with Gasteiger partial charge in [0.05, 0.1) is 21.4 Å². The van der Waals surface area contributed by atoms with E-state index in [1.165, 1.54) is 46.8 Å². The molecule has 38 heavy (non-hydrogen) atoms. The number of benzene rings is 3. The van der Waals surface area contributed by atoms with Crippen LogP contribution < -0.4 is 10.0 Å². The van der Waals surface area contributed by atoms with E-state index in [4.69, 9.17) is 23.2 Å². The van der Waals surface area contributed by atoms with Crippen molar-refractivity contribution in [2.24, 2.45) is 5.92 Å². The first kappa shape index (κ1) is 28.4. The van der Waals surface area contributed by atoms with E-state index in [1.807, 2.05) is 25.1 Å². The average molecular weight is 597 g/mol. The minimum atomic E-state index is -3.91. The highest BCUT2D eigenvalue weighted by atomic mass is 35.5. The fourth-order valence-electron chi connectivity index (χ4n) is 4.24. The number of carbonyl (C=O) groups excluding carboxylic acids is 1. The van der Waals surface area contributed by atoms with Gasteiger partial charge in [-0.05, 0) is 67.8 Å². The largest absolute Gasteiger partial charge is 0.326 e. The van der Waals surface area contributed by atoms with Gasteiger partial charge in [-0.15, -0.1) is 0 Å². The van der Waals surface area contributed by atoms with Crippen molar-refractivity contribution in [3.05, 3.63) is 87.9 Å². The van der Waals surface area contributed by atoms with Crippen LogP contribution in [-0.4, -0.2) is 40.1 Å². The summed E-state index contributed by atoms with van der Waals surface area (Å²) in [6.45, 7) is 2.45. The van der Waals surface area contributed by atoms with Crippen LogP contribution in [0.5, 0.6) is 0 Å². The van der Waals surface area contributed by atoms with Crippen LogP contribution in [-0.2, 0) is 30.6 Å². The molecule has 0 aliphatic carbocycles. The van der Waals surface area contributed by atoms with Gasteiger partial charge in [0.1, 0.15) is 0 Å². The number of anilines is 2.